The zero-order valence-electron chi connectivity index (χ0n) is 6.00. The molecule has 0 unspecified atom stereocenters. The van der Waals surface area contributed by atoms with Crippen molar-refractivity contribution in [1.29, 1.82) is 0 Å². The molecular formula is C7H9FN2. The van der Waals surface area contributed by atoms with Crippen LogP contribution in [0.2, 0.25) is 0 Å². The lowest BCUT2D eigenvalue weighted by atomic mass is 10.2. The molecule has 1 rings (SSSR count). The van der Waals surface area contributed by atoms with E-state index in [1.54, 1.807) is 12.3 Å². The first-order chi connectivity index (χ1) is 4.72. The van der Waals surface area contributed by atoms with Gasteiger partial charge in [-0.1, -0.05) is 0 Å². The van der Waals surface area contributed by atoms with Gasteiger partial charge in [-0.25, -0.2) is 5.12 Å². The number of halogens is 1. The standard InChI is InChI=1S/C7H9FN2/c1-6-3-4-9-5-7(6)10(2)8/h3-5H,1-2H3. The topological polar surface area (TPSA) is 16.1 Å². The molecule has 0 N–H and O–H groups in total. The number of pyridine rings is 1. The van der Waals surface area contributed by atoms with Crippen LogP contribution in [-0.2, 0) is 0 Å². The Balaban J connectivity index is 3.03. The van der Waals surface area contributed by atoms with Gasteiger partial charge in [0.05, 0.1) is 11.9 Å². The fourth-order valence-electron chi connectivity index (χ4n) is 0.778. The van der Waals surface area contributed by atoms with Crippen LogP contribution in [0.1, 0.15) is 5.56 Å². The molecule has 0 fully saturated rings. The molecule has 2 nitrogen and oxygen atoms in total. The fraction of sp³-hybridized carbons (Fsp3) is 0.286. The molecule has 3 heteroatoms. The molecule has 1 aromatic rings. The van der Waals surface area contributed by atoms with Gasteiger partial charge in [-0.3, -0.25) is 4.98 Å². The second-order valence-corrected chi connectivity index (χ2v) is 2.14. The van der Waals surface area contributed by atoms with Gasteiger partial charge in [0.1, 0.15) is 0 Å². The van der Waals surface area contributed by atoms with E-state index >= 15 is 0 Å². The van der Waals surface area contributed by atoms with Crippen molar-refractivity contribution < 1.29 is 4.48 Å². The van der Waals surface area contributed by atoms with Gasteiger partial charge in [-0.15, -0.1) is 4.48 Å². The number of aromatic nitrogens is 1. The van der Waals surface area contributed by atoms with Crippen molar-refractivity contribution in [3.63, 3.8) is 0 Å². The average molecular weight is 140 g/mol. The summed E-state index contributed by atoms with van der Waals surface area (Å²) in [5, 5.41) is 0.558. The molecular weight excluding hydrogens is 131 g/mol. The molecule has 0 aliphatic carbocycles. The number of nitrogens with zero attached hydrogens (tertiary/aromatic N) is 2. The highest BCUT2D eigenvalue weighted by Crippen LogP contribution is 2.15. The van der Waals surface area contributed by atoms with Crippen LogP contribution in [0.15, 0.2) is 18.5 Å². The van der Waals surface area contributed by atoms with Gasteiger partial charge in [0.15, 0.2) is 0 Å². The average Bonchev–Trinajstić information content (AvgIpc) is 1.88. The Kier molecular flexibility index (Phi) is 1.85. The summed E-state index contributed by atoms with van der Waals surface area (Å²) in [5.74, 6) is 0. The lowest BCUT2D eigenvalue weighted by Crippen LogP contribution is -2.04. The summed E-state index contributed by atoms with van der Waals surface area (Å²) in [6.45, 7) is 1.84. The molecule has 0 spiro atoms. The highest BCUT2D eigenvalue weighted by Gasteiger charge is 2.00. The molecule has 0 radical (unpaired) electrons. The summed E-state index contributed by atoms with van der Waals surface area (Å²) in [6, 6.07) is 1.77. The molecule has 0 aliphatic heterocycles. The SMILES string of the molecule is Cc1ccncc1N(C)F. The van der Waals surface area contributed by atoms with Crippen molar-refractivity contribution in [2.75, 3.05) is 12.2 Å². The van der Waals surface area contributed by atoms with Gasteiger partial charge >= 0.3 is 0 Å². The summed E-state index contributed by atoms with van der Waals surface area (Å²) in [7, 11) is 1.35. The van der Waals surface area contributed by atoms with Crippen molar-refractivity contribution >= 4 is 5.69 Å². The monoisotopic (exact) mass is 140 g/mol. The Bertz CT molecular complexity index is 223. The van der Waals surface area contributed by atoms with Gasteiger partial charge in [0, 0.05) is 13.2 Å². The molecule has 0 aliphatic rings. The van der Waals surface area contributed by atoms with Gasteiger partial charge in [-0.2, -0.15) is 0 Å². The van der Waals surface area contributed by atoms with Gasteiger partial charge in [-0.05, 0) is 18.6 Å². The Morgan fingerprint density at radius 3 is 2.70 bits per heavy atom. The van der Waals surface area contributed by atoms with Crippen molar-refractivity contribution in [1.82, 2.24) is 4.98 Å². The lowest BCUT2D eigenvalue weighted by Gasteiger charge is -2.08. The highest BCUT2D eigenvalue weighted by molar-refractivity contribution is 5.47. The van der Waals surface area contributed by atoms with Crippen LogP contribution in [0.5, 0.6) is 0 Å². The molecule has 0 atom stereocenters. The molecule has 10 heavy (non-hydrogen) atoms. The van der Waals surface area contributed by atoms with E-state index in [1.807, 2.05) is 6.92 Å². The van der Waals surface area contributed by atoms with E-state index in [1.165, 1.54) is 13.2 Å². The summed E-state index contributed by atoms with van der Waals surface area (Å²) < 4.78 is 12.5. The van der Waals surface area contributed by atoms with Crippen LogP contribution in [0.3, 0.4) is 0 Å². The first-order valence-corrected chi connectivity index (χ1v) is 3.02. The maximum absolute atomic E-state index is 12.5. The first-order valence-electron chi connectivity index (χ1n) is 3.02. The smallest absolute Gasteiger partial charge is 0.0896 e. The fourth-order valence-corrected chi connectivity index (χ4v) is 0.778. The number of anilines is 1. The normalized spacial score (nSPS) is 9.50. The third-order valence-electron chi connectivity index (χ3n) is 1.34. The summed E-state index contributed by atoms with van der Waals surface area (Å²) in [5.41, 5.74) is 1.41. The second kappa shape index (κ2) is 2.64. The van der Waals surface area contributed by atoms with Gasteiger partial charge in [0.25, 0.3) is 0 Å². The largest absolute Gasteiger partial charge is 0.262 e. The zero-order chi connectivity index (χ0) is 7.56. The Hall–Kier alpha value is -1.12. The molecule has 1 heterocycles. The highest BCUT2D eigenvalue weighted by atomic mass is 19.2. The van der Waals surface area contributed by atoms with Crippen LogP contribution >= 0.6 is 0 Å². The maximum Gasteiger partial charge on any atom is 0.0896 e. The molecule has 0 saturated heterocycles. The third-order valence-corrected chi connectivity index (χ3v) is 1.34. The third kappa shape index (κ3) is 1.23. The molecule has 0 aromatic carbocycles. The first kappa shape index (κ1) is 6.99. The van der Waals surface area contributed by atoms with E-state index in [2.05, 4.69) is 4.98 Å². The summed E-state index contributed by atoms with van der Waals surface area (Å²) >= 11 is 0. The van der Waals surface area contributed by atoms with Gasteiger partial charge < -0.3 is 0 Å². The minimum atomic E-state index is 0.516. The van der Waals surface area contributed by atoms with E-state index in [0.717, 1.165) is 5.56 Å². The zero-order valence-corrected chi connectivity index (χ0v) is 6.00. The van der Waals surface area contributed by atoms with Crippen molar-refractivity contribution in [3.8, 4) is 0 Å². The van der Waals surface area contributed by atoms with Crippen LogP contribution in [0.4, 0.5) is 10.2 Å². The van der Waals surface area contributed by atoms with Crippen LogP contribution < -0.4 is 5.12 Å². The van der Waals surface area contributed by atoms with Gasteiger partial charge in [0.2, 0.25) is 0 Å². The van der Waals surface area contributed by atoms with E-state index in [4.69, 9.17) is 0 Å². The Labute approximate surface area is 59.2 Å². The minimum absolute atomic E-state index is 0.516. The Morgan fingerprint density at radius 1 is 1.60 bits per heavy atom. The van der Waals surface area contributed by atoms with Crippen molar-refractivity contribution in [2.24, 2.45) is 0 Å². The second-order valence-electron chi connectivity index (χ2n) is 2.14. The predicted octanol–water partition coefficient (Wildman–Crippen LogP) is 1.71. The summed E-state index contributed by atoms with van der Waals surface area (Å²) in [4.78, 5) is 3.79. The molecule has 0 saturated carbocycles. The molecule has 1 aromatic heterocycles. The number of aryl methyl sites for hydroxylation is 1. The van der Waals surface area contributed by atoms with E-state index in [0.29, 0.717) is 10.8 Å². The van der Waals surface area contributed by atoms with Crippen LogP contribution in [0.25, 0.3) is 0 Å². The van der Waals surface area contributed by atoms with E-state index in [9.17, 15) is 4.48 Å². The quantitative estimate of drug-likeness (QED) is 0.552. The lowest BCUT2D eigenvalue weighted by molar-refractivity contribution is 0.474. The number of rotatable bonds is 1. The predicted molar refractivity (Wildman–Crippen MR) is 38.5 cm³/mol. The molecule has 54 valence electrons. The maximum atomic E-state index is 12.5. The number of hydrogen-bond donors (Lipinski definition) is 0. The van der Waals surface area contributed by atoms with Crippen LogP contribution in [0, 0.1) is 6.92 Å². The Morgan fingerprint density at radius 2 is 2.30 bits per heavy atom. The van der Waals surface area contributed by atoms with Crippen molar-refractivity contribution in [2.45, 2.75) is 6.92 Å². The van der Waals surface area contributed by atoms with E-state index < -0.39 is 0 Å². The molecule has 0 amide bonds. The molecule has 0 bridgehead atoms. The van der Waals surface area contributed by atoms with Crippen molar-refractivity contribution in [3.05, 3.63) is 24.0 Å². The van der Waals surface area contributed by atoms with Crippen LogP contribution in [-0.4, -0.2) is 12.0 Å². The number of hydrogen-bond acceptors (Lipinski definition) is 2. The summed E-state index contributed by atoms with van der Waals surface area (Å²) in [6.07, 6.45) is 3.14. The minimum Gasteiger partial charge on any atom is -0.262 e. The van der Waals surface area contributed by atoms with E-state index in [-0.39, 0.29) is 0 Å².